The van der Waals surface area contributed by atoms with Crippen LogP contribution in [-0.2, 0) is 5.41 Å². The fourth-order valence-corrected chi connectivity index (χ4v) is 2.31. The second-order valence-electron chi connectivity index (χ2n) is 4.51. The van der Waals surface area contributed by atoms with Gasteiger partial charge < -0.3 is 15.2 Å². The average molecular weight is 221 g/mol. The molecular formula is C13H19NO2. The van der Waals surface area contributed by atoms with E-state index in [9.17, 15) is 0 Å². The molecule has 1 unspecified atom stereocenters. The van der Waals surface area contributed by atoms with Gasteiger partial charge in [0.25, 0.3) is 0 Å². The van der Waals surface area contributed by atoms with E-state index in [1.807, 2.05) is 12.1 Å². The van der Waals surface area contributed by atoms with E-state index in [-0.39, 0.29) is 11.5 Å². The van der Waals surface area contributed by atoms with E-state index in [0.29, 0.717) is 0 Å². The SMILES string of the molecule is COc1ccc(OC)c(C2(C(C)N)CC2)c1. The van der Waals surface area contributed by atoms with Crippen LogP contribution in [-0.4, -0.2) is 20.3 Å². The summed E-state index contributed by atoms with van der Waals surface area (Å²) in [6.07, 6.45) is 2.27. The van der Waals surface area contributed by atoms with Crippen molar-refractivity contribution in [3.63, 3.8) is 0 Å². The highest BCUT2D eigenvalue weighted by molar-refractivity contribution is 5.48. The Morgan fingerprint density at radius 2 is 1.94 bits per heavy atom. The number of methoxy groups -OCH3 is 2. The Labute approximate surface area is 96.5 Å². The molecule has 88 valence electrons. The van der Waals surface area contributed by atoms with Crippen molar-refractivity contribution in [3.05, 3.63) is 23.8 Å². The molecule has 16 heavy (non-hydrogen) atoms. The van der Waals surface area contributed by atoms with Gasteiger partial charge in [0.2, 0.25) is 0 Å². The minimum atomic E-state index is 0.0971. The van der Waals surface area contributed by atoms with Gasteiger partial charge >= 0.3 is 0 Å². The molecule has 1 aliphatic carbocycles. The lowest BCUT2D eigenvalue weighted by Gasteiger charge is -2.23. The van der Waals surface area contributed by atoms with Crippen LogP contribution in [0.5, 0.6) is 11.5 Å². The Hall–Kier alpha value is -1.22. The maximum atomic E-state index is 6.08. The third kappa shape index (κ3) is 1.65. The van der Waals surface area contributed by atoms with Gasteiger partial charge in [-0.3, -0.25) is 0 Å². The average Bonchev–Trinajstić information content (AvgIpc) is 3.09. The van der Waals surface area contributed by atoms with Crippen LogP contribution in [0.4, 0.5) is 0 Å². The third-order valence-electron chi connectivity index (χ3n) is 3.60. The lowest BCUT2D eigenvalue weighted by molar-refractivity contribution is 0.389. The van der Waals surface area contributed by atoms with Crippen molar-refractivity contribution < 1.29 is 9.47 Å². The van der Waals surface area contributed by atoms with E-state index in [2.05, 4.69) is 13.0 Å². The van der Waals surface area contributed by atoms with Gasteiger partial charge in [0, 0.05) is 17.0 Å². The Morgan fingerprint density at radius 1 is 1.25 bits per heavy atom. The molecule has 0 saturated heterocycles. The number of nitrogens with two attached hydrogens (primary N) is 1. The van der Waals surface area contributed by atoms with E-state index in [0.717, 1.165) is 24.3 Å². The summed E-state index contributed by atoms with van der Waals surface area (Å²) in [5, 5.41) is 0. The fraction of sp³-hybridized carbons (Fsp3) is 0.538. The van der Waals surface area contributed by atoms with Crippen LogP contribution in [0.15, 0.2) is 18.2 Å². The highest BCUT2D eigenvalue weighted by Gasteiger charge is 2.49. The highest BCUT2D eigenvalue weighted by atomic mass is 16.5. The van der Waals surface area contributed by atoms with Crippen LogP contribution in [0.2, 0.25) is 0 Å². The standard InChI is InChI=1S/C13H19NO2/c1-9(14)13(6-7-13)11-8-10(15-2)4-5-12(11)16-3/h4-5,8-9H,6-7,14H2,1-3H3. The Morgan fingerprint density at radius 3 is 2.38 bits per heavy atom. The molecule has 0 aliphatic heterocycles. The number of hydrogen-bond acceptors (Lipinski definition) is 3. The molecule has 1 fully saturated rings. The van der Waals surface area contributed by atoms with Gasteiger partial charge in [-0.25, -0.2) is 0 Å². The van der Waals surface area contributed by atoms with Gasteiger partial charge in [-0.2, -0.15) is 0 Å². The minimum absolute atomic E-state index is 0.0971. The largest absolute Gasteiger partial charge is 0.497 e. The van der Waals surface area contributed by atoms with Crippen molar-refractivity contribution in [3.8, 4) is 11.5 Å². The van der Waals surface area contributed by atoms with Crippen LogP contribution < -0.4 is 15.2 Å². The molecule has 0 bridgehead atoms. The summed E-state index contributed by atoms with van der Waals surface area (Å²) in [7, 11) is 3.37. The predicted molar refractivity (Wildman–Crippen MR) is 64.1 cm³/mol. The summed E-state index contributed by atoms with van der Waals surface area (Å²) in [4.78, 5) is 0. The number of benzene rings is 1. The topological polar surface area (TPSA) is 44.5 Å². The fourth-order valence-electron chi connectivity index (χ4n) is 2.31. The summed E-state index contributed by atoms with van der Waals surface area (Å²) < 4.78 is 10.7. The zero-order valence-electron chi connectivity index (χ0n) is 10.1. The summed E-state index contributed by atoms with van der Waals surface area (Å²) in [5.41, 5.74) is 7.37. The van der Waals surface area contributed by atoms with E-state index >= 15 is 0 Å². The Kier molecular flexibility index (Phi) is 2.80. The first-order valence-corrected chi connectivity index (χ1v) is 5.62. The minimum Gasteiger partial charge on any atom is -0.497 e. The molecule has 1 saturated carbocycles. The highest BCUT2D eigenvalue weighted by Crippen LogP contribution is 2.53. The summed E-state index contributed by atoms with van der Waals surface area (Å²) in [6.45, 7) is 2.06. The second kappa shape index (κ2) is 3.98. The van der Waals surface area contributed by atoms with Crippen molar-refractivity contribution in [2.45, 2.75) is 31.2 Å². The first kappa shape index (κ1) is 11.3. The zero-order valence-corrected chi connectivity index (χ0v) is 10.1. The van der Waals surface area contributed by atoms with E-state index in [1.165, 1.54) is 5.56 Å². The molecule has 0 amide bonds. The van der Waals surface area contributed by atoms with Crippen LogP contribution >= 0.6 is 0 Å². The van der Waals surface area contributed by atoms with Crippen LogP contribution in [0.3, 0.4) is 0 Å². The van der Waals surface area contributed by atoms with Crippen molar-refractivity contribution in [1.82, 2.24) is 0 Å². The van der Waals surface area contributed by atoms with Crippen LogP contribution in [0, 0.1) is 0 Å². The lowest BCUT2D eigenvalue weighted by atomic mass is 9.88. The molecule has 1 aromatic carbocycles. The number of rotatable bonds is 4. The Balaban J connectivity index is 2.45. The molecule has 1 aliphatic rings. The normalized spacial score (nSPS) is 19.0. The maximum Gasteiger partial charge on any atom is 0.122 e. The van der Waals surface area contributed by atoms with Gasteiger partial charge in [0.15, 0.2) is 0 Å². The number of hydrogen-bond donors (Lipinski definition) is 1. The molecule has 3 nitrogen and oxygen atoms in total. The molecule has 0 radical (unpaired) electrons. The van der Waals surface area contributed by atoms with Gasteiger partial charge in [0.1, 0.15) is 11.5 Å². The van der Waals surface area contributed by atoms with Crippen molar-refractivity contribution in [2.24, 2.45) is 5.73 Å². The lowest BCUT2D eigenvalue weighted by Crippen LogP contribution is -2.31. The molecule has 0 spiro atoms. The molecule has 3 heteroatoms. The first-order valence-electron chi connectivity index (χ1n) is 5.62. The van der Waals surface area contributed by atoms with Crippen molar-refractivity contribution in [1.29, 1.82) is 0 Å². The van der Waals surface area contributed by atoms with Gasteiger partial charge in [-0.05, 0) is 38.0 Å². The van der Waals surface area contributed by atoms with Crippen LogP contribution in [0.25, 0.3) is 0 Å². The molecule has 2 rings (SSSR count). The summed E-state index contributed by atoms with van der Waals surface area (Å²) in [6, 6.07) is 6.07. The van der Waals surface area contributed by atoms with Gasteiger partial charge in [-0.1, -0.05) is 0 Å². The smallest absolute Gasteiger partial charge is 0.122 e. The van der Waals surface area contributed by atoms with E-state index in [1.54, 1.807) is 14.2 Å². The van der Waals surface area contributed by atoms with Crippen molar-refractivity contribution in [2.75, 3.05) is 14.2 Å². The Bertz CT molecular complexity index is 384. The van der Waals surface area contributed by atoms with E-state index < -0.39 is 0 Å². The van der Waals surface area contributed by atoms with Crippen molar-refractivity contribution >= 4 is 0 Å². The molecular weight excluding hydrogens is 202 g/mol. The predicted octanol–water partition coefficient (Wildman–Crippen LogP) is 2.08. The molecule has 0 heterocycles. The van der Waals surface area contributed by atoms with Gasteiger partial charge in [-0.15, -0.1) is 0 Å². The van der Waals surface area contributed by atoms with Crippen LogP contribution in [0.1, 0.15) is 25.3 Å². The quantitative estimate of drug-likeness (QED) is 0.846. The van der Waals surface area contributed by atoms with E-state index in [4.69, 9.17) is 15.2 Å². The van der Waals surface area contributed by atoms with Gasteiger partial charge in [0.05, 0.1) is 14.2 Å². The molecule has 1 aromatic rings. The molecule has 0 aromatic heterocycles. The molecule has 1 atom stereocenters. The summed E-state index contributed by atoms with van der Waals surface area (Å²) in [5.74, 6) is 1.78. The molecule has 2 N–H and O–H groups in total. The number of ether oxygens (including phenoxy) is 2. The second-order valence-corrected chi connectivity index (χ2v) is 4.51. The maximum absolute atomic E-state index is 6.08. The monoisotopic (exact) mass is 221 g/mol. The first-order chi connectivity index (χ1) is 7.64. The third-order valence-corrected chi connectivity index (χ3v) is 3.60. The zero-order chi connectivity index (χ0) is 11.8. The summed E-state index contributed by atoms with van der Waals surface area (Å²) >= 11 is 0.